The van der Waals surface area contributed by atoms with Crippen LogP contribution < -0.4 is 4.90 Å². The van der Waals surface area contributed by atoms with Crippen LogP contribution in [0.3, 0.4) is 0 Å². The van der Waals surface area contributed by atoms with E-state index in [1.54, 1.807) is 0 Å². The number of aromatic nitrogens is 1. The van der Waals surface area contributed by atoms with Crippen molar-refractivity contribution in [2.24, 2.45) is 0 Å². The smallest absolute Gasteiger partial charge is 0.0754 e. The highest BCUT2D eigenvalue weighted by Gasteiger charge is 2.51. The molecule has 1 aromatic heterocycles. The zero-order chi connectivity index (χ0) is 33.1. The second kappa shape index (κ2) is 11.3. The number of hydrogen-bond donors (Lipinski definition) is 0. The molecule has 0 amide bonds. The zero-order valence-electron chi connectivity index (χ0n) is 27.4. The van der Waals surface area contributed by atoms with Gasteiger partial charge >= 0.3 is 0 Å². The third-order valence-electron chi connectivity index (χ3n) is 10.5. The van der Waals surface area contributed by atoms with E-state index in [1.165, 1.54) is 50.3 Å². The highest BCUT2D eigenvalue weighted by molar-refractivity contribution is 5.96. The third kappa shape index (κ3) is 4.18. The number of benzene rings is 7. The molecule has 7 aromatic carbocycles. The summed E-state index contributed by atoms with van der Waals surface area (Å²) in [5.41, 5.74) is 17.3. The molecule has 1 aliphatic heterocycles. The number of pyridine rings is 1. The number of hydrogen-bond acceptors (Lipinski definition) is 2. The molecule has 2 aliphatic rings. The van der Waals surface area contributed by atoms with Gasteiger partial charge in [0, 0.05) is 16.8 Å². The Labute approximate surface area is 292 Å². The highest BCUT2D eigenvalue weighted by Crippen LogP contribution is 2.63. The van der Waals surface area contributed by atoms with E-state index in [1.807, 2.05) is 0 Å². The number of anilines is 3. The van der Waals surface area contributed by atoms with Crippen molar-refractivity contribution in [3.05, 3.63) is 216 Å². The number of rotatable bonds is 4. The summed E-state index contributed by atoms with van der Waals surface area (Å²) in [6.45, 7) is 0. The summed E-state index contributed by atoms with van der Waals surface area (Å²) in [7, 11) is 0. The zero-order valence-corrected chi connectivity index (χ0v) is 27.4. The number of fused-ring (bicyclic) bond motifs is 9. The molecule has 10 rings (SSSR count). The molecule has 2 heteroatoms. The molecule has 0 radical (unpaired) electrons. The van der Waals surface area contributed by atoms with Gasteiger partial charge in [0.25, 0.3) is 0 Å². The van der Waals surface area contributed by atoms with Crippen LogP contribution in [0.5, 0.6) is 0 Å². The topological polar surface area (TPSA) is 16.1 Å². The fraction of sp³-hybridized carbons (Fsp3) is 0.0208. The highest BCUT2D eigenvalue weighted by atomic mass is 15.2. The van der Waals surface area contributed by atoms with Crippen molar-refractivity contribution in [2.75, 3.05) is 4.90 Å². The van der Waals surface area contributed by atoms with Gasteiger partial charge in [-0.2, -0.15) is 0 Å². The van der Waals surface area contributed by atoms with Crippen LogP contribution in [0.4, 0.5) is 17.1 Å². The summed E-state index contributed by atoms with van der Waals surface area (Å²) in [4.78, 5) is 7.72. The number of para-hydroxylation sites is 3. The molecular weight excluding hydrogens is 605 g/mol. The van der Waals surface area contributed by atoms with E-state index in [4.69, 9.17) is 4.98 Å². The monoisotopic (exact) mass is 636 g/mol. The first-order valence-corrected chi connectivity index (χ1v) is 17.2. The summed E-state index contributed by atoms with van der Waals surface area (Å²) in [6.07, 6.45) is 0. The minimum atomic E-state index is -0.475. The lowest BCUT2D eigenvalue weighted by atomic mass is 9.64. The molecular formula is C48H32N2. The third-order valence-corrected chi connectivity index (χ3v) is 10.5. The largest absolute Gasteiger partial charge is 0.310 e. The van der Waals surface area contributed by atoms with Gasteiger partial charge in [-0.3, -0.25) is 0 Å². The van der Waals surface area contributed by atoms with Crippen molar-refractivity contribution < 1.29 is 0 Å². The van der Waals surface area contributed by atoms with Crippen LogP contribution in [0.2, 0.25) is 0 Å². The summed E-state index contributed by atoms with van der Waals surface area (Å²) in [6, 6.07) is 70.2. The Kier molecular flexibility index (Phi) is 6.43. The van der Waals surface area contributed by atoms with E-state index in [2.05, 4.69) is 199 Å². The molecule has 2 nitrogen and oxygen atoms in total. The quantitative estimate of drug-likeness (QED) is 0.191. The van der Waals surface area contributed by atoms with Gasteiger partial charge in [-0.25, -0.2) is 4.98 Å². The van der Waals surface area contributed by atoms with E-state index >= 15 is 0 Å². The van der Waals surface area contributed by atoms with Crippen LogP contribution in [0.1, 0.15) is 22.3 Å². The lowest BCUT2D eigenvalue weighted by Gasteiger charge is -2.45. The molecule has 0 bridgehead atoms. The lowest BCUT2D eigenvalue weighted by molar-refractivity contribution is 0.752. The minimum Gasteiger partial charge on any atom is -0.310 e. The molecule has 0 fully saturated rings. The van der Waals surface area contributed by atoms with Gasteiger partial charge in [0.2, 0.25) is 0 Å². The van der Waals surface area contributed by atoms with Crippen LogP contribution in [0, 0.1) is 0 Å². The molecule has 0 atom stereocenters. The predicted molar refractivity (Wildman–Crippen MR) is 206 cm³/mol. The lowest BCUT2D eigenvalue weighted by Crippen LogP contribution is -2.36. The van der Waals surface area contributed by atoms with Gasteiger partial charge in [0.1, 0.15) is 0 Å². The van der Waals surface area contributed by atoms with E-state index in [-0.39, 0.29) is 0 Å². The fourth-order valence-corrected chi connectivity index (χ4v) is 8.36. The SMILES string of the molecule is c1ccc(-c2cc(-c3ccccc3)nc(-c3ccc4c(c3)-c3ccccc3C43c4ccccc4N(c4ccccc4)c4ccccc43)c2)cc1. The summed E-state index contributed by atoms with van der Waals surface area (Å²) >= 11 is 0. The minimum absolute atomic E-state index is 0.475. The molecule has 0 saturated heterocycles. The van der Waals surface area contributed by atoms with Crippen LogP contribution in [-0.4, -0.2) is 4.98 Å². The van der Waals surface area contributed by atoms with Gasteiger partial charge in [-0.15, -0.1) is 0 Å². The van der Waals surface area contributed by atoms with E-state index < -0.39 is 5.41 Å². The van der Waals surface area contributed by atoms with Crippen molar-refractivity contribution in [1.82, 2.24) is 4.98 Å². The van der Waals surface area contributed by atoms with Crippen LogP contribution in [-0.2, 0) is 5.41 Å². The van der Waals surface area contributed by atoms with Gasteiger partial charge in [0.15, 0.2) is 0 Å². The van der Waals surface area contributed by atoms with E-state index in [9.17, 15) is 0 Å². The molecule has 8 aromatic rings. The second-order valence-electron chi connectivity index (χ2n) is 13.1. The Hall–Kier alpha value is -6.51. The predicted octanol–water partition coefficient (Wildman–Crippen LogP) is 12.2. The standard InChI is InChI=1S/C48H32N2/c1-4-16-33(17-5-1)36-31-44(34-18-6-2-7-19-34)49-45(32-36)35-28-29-41-39(30-35)38-22-10-11-23-40(38)48(41)42-24-12-14-26-46(42)50(37-20-8-3-9-21-37)47-27-15-13-25-43(47)48/h1-32H. The normalized spacial score (nSPS) is 13.3. The summed E-state index contributed by atoms with van der Waals surface area (Å²) in [5, 5.41) is 0. The summed E-state index contributed by atoms with van der Waals surface area (Å²) < 4.78 is 0. The Morgan fingerprint density at radius 2 is 0.840 bits per heavy atom. The first kappa shape index (κ1) is 28.5. The van der Waals surface area contributed by atoms with Crippen LogP contribution in [0.15, 0.2) is 194 Å². The Morgan fingerprint density at radius 1 is 0.340 bits per heavy atom. The first-order valence-electron chi connectivity index (χ1n) is 17.2. The molecule has 50 heavy (non-hydrogen) atoms. The van der Waals surface area contributed by atoms with Gasteiger partial charge in [0.05, 0.1) is 28.2 Å². The van der Waals surface area contributed by atoms with E-state index in [0.29, 0.717) is 0 Å². The molecule has 2 heterocycles. The van der Waals surface area contributed by atoms with Gasteiger partial charge in [-0.05, 0) is 87.0 Å². The average Bonchev–Trinajstić information content (AvgIpc) is 3.49. The van der Waals surface area contributed by atoms with Gasteiger partial charge in [-0.1, -0.05) is 152 Å². The summed E-state index contributed by atoms with van der Waals surface area (Å²) in [5.74, 6) is 0. The fourth-order valence-electron chi connectivity index (χ4n) is 8.36. The molecule has 0 unspecified atom stereocenters. The Morgan fingerprint density at radius 3 is 1.50 bits per heavy atom. The van der Waals surface area contributed by atoms with Gasteiger partial charge < -0.3 is 4.90 Å². The molecule has 0 N–H and O–H groups in total. The second-order valence-corrected chi connectivity index (χ2v) is 13.1. The van der Waals surface area contributed by atoms with Crippen molar-refractivity contribution in [3.8, 4) is 44.8 Å². The maximum atomic E-state index is 5.29. The van der Waals surface area contributed by atoms with Crippen molar-refractivity contribution in [2.45, 2.75) is 5.41 Å². The average molecular weight is 637 g/mol. The van der Waals surface area contributed by atoms with Crippen molar-refractivity contribution in [1.29, 1.82) is 0 Å². The van der Waals surface area contributed by atoms with E-state index in [0.717, 1.165) is 33.8 Å². The van der Waals surface area contributed by atoms with Crippen molar-refractivity contribution in [3.63, 3.8) is 0 Å². The first-order chi connectivity index (χ1) is 24.8. The Balaban J connectivity index is 1.22. The van der Waals surface area contributed by atoms with Crippen LogP contribution >= 0.6 is 0 Å². The Bertz CT molecular complexity index is 2430. The molecule has 1 spiro atoms. The maximum Gasteiger partial charge on any atom is 0.0754 e. The molecule has 234 valence electrons. The maximum absolute atomic E-state index is 5.29. The molecule has 0 saturated carbocycles. The van der Waals surface area contributed by atoms with Crippen LogP contribution in [0.25, 0.3) is 44.8 Å². The molecule has 1 aliphatic carbocycles. The number of nitrogens with zero attached hydrogens (tertiary/aromatic N) is 2. The van der Waals surface area contributed by atoms with Crippen molar-refractivity contribution >= 4 is 17.1 Å².